The number of tetrazole rings is 1. The highest BCUT2D eigenvalue weighted by molar-refractivity contribution is 7.09. The summed E-state index contributed by atoms with van der Waals surface area (Å²) in [6.07, 6.45) is 4.97. The number of hydrogen-bond acceptors (Lipinski definition) is 8. The molecule has 4 heterocycles. The lowest BCUT2D eigenvalue weighted by Crippen LogP contribution is -2.17. The number of fused-ring (bicyclic) bond motifs is 1. The summed E-state index contributed by atoms with van der Waals surface area (Å²) in [7, 11) is 1.63. The topological polar surface area (TPSA) is 100 Å². The first-order valence-corrected chi connectivity index (χ1v) is 12.2. The maximum Gasteiger partial charge on any atom is 0.269 e. The summed E-state index contributed by atoms with van der Waals surface area (Å²) in [5, 5.41) is 15.8. The number of aryl methyl sites for hydroxylation is 2. The molecule has 0 aliphatic rings. The van der Waals surface area contributed by atoms with Crippen molar-refractivity contribution in [1.82, 2.24) is 34.6 Å². The summed E-state index contributed by atoms with van der Waals surface area (Å²) in [6.45, 7) is 4.73. The van der Waals surface area contributed by atoms with Crippen molar-refractivity contribution in [2.75, 3.05) is 7.11 Å². The average molecular weight is 488 g/mol. The van der Waals surface area contributed by atoms with Crippen LogP contribution in [0.1, 0.15) is 41.6 Å². The third-order valence-electron chi connectivity index (χ3n) is 5.74. The fourth-order valence-corrected chi connectivity index (χ4v) is 4.65. The zero-order valence-electron chi connectivity index (χ0n) is 19.8. The molecule has 0 unspecified atom stereocenters. The van der Waals surface area contributed by atoms with Crippen LogP contribution in [0.15, 0.2) is 59.0 Å². The molecule has 10 heteroatoms. The van der Waals surface area contributed by atoms with Crippen LogP contribution in [0.25, 0.3) is 17.0 Å². The van der Waals surface area contributed by atoms with E-state index in [0.29, 0.717) is 23.7 Å². The third-order valence-corrected chi connectivity index (χ3v) is 6.67. The Bertz CT molecular complexity index is 1520. The Balaban J connectivity index is 1.32. The molecule has 0 atom stereocenters. The fraction of sp³-hybridized carbons (Fsp3) is 0.280. The minimum Gasteiger partial charge on any atom is -0.497 e. The first kappa shape index (κ1) is 22.9. The summed E-state index contributed by atoms with van der Waals surface area (Å²) < 4.78 is 6.70. The van der Waals surface area contributed by atoms with Gasteiger partial charge in [-0.2, -0.15) is 4.80 Å². The minimum atomic E-state index is -0.230. The fourth-order valence-electron chi connectivity index (χ4n) is 3.69. The summed E-state index contributed by atoms with van der Waals surface area (Å²) >= 11 is 1.70. The zero-order valence-corrected chi connectivity index (χ0v) is 20.6. The van der Waals surface area contributed by atoms with Gasteiger partial charge in [-0.25, -0.2) is 9.97 Å². The number of nitrogens with zero attached hydrogens (tertiary/aromatic N) is 7. The predicted octanol–water partition coefficient (Wildman–Crippen LogP) is 3.77. The highest BCUT2D eigenvalue weighted by Crippen LogP contribution is 2.19. The zero-order chi connectivity index (χ0) is 24.4. The Hall–Kier alpha value is -3.92. The normalized spacial score (nSPS) is 11.4. The molecule has 0 radical (unpaired) electrons. The van der Waals surface area contributed by atoms with Crippen LogP contribution in [0.5, 0.6) is 5.75 Å². The monoisotopic (exact) mass is 487 g/mol. The smallest absolute Gasteiger partial charge is 0.269 e. The number of benzene rings is 1. The molecule has 0 bridgehead atoms. The van der Waals surface area contributed by atoms with Gasteiger partial charge in [0.2, 0.25) is 5.82 Å². The van der Waals surface area contributed by atoms with E-state index in [4.69, 9.17) is 9.72 Å². The van der Waals surface area contributed by atoms with Crippen molar-refractivity contribution >= 4 is 17.0 Å². The van der Waals surface area contributed by atoms with E-state index < -0.39 is 0 Å². The van der Waals surface area contributed by atoms with Crippen LogP contribution >= 0.6 is 11.3 Å². The number of rotatable bonds is 8. The van der Waals surface area contributed by atoms with Crippen LogP contribution < -0.4 is 10.3 Å². The Morgan fingerprint density at radius 1 is 1.09 bits per heavy atom. The van der Waals surface area contributed by atoms with Gasteiger partial charge in [-0.3, -0.25) is 9.20 Å². The number of pyridine rings is 1. The third kappa shape index (κ3) is 4.97. The van der Waals surface area contributed by atoms with E-state index in [2.05, 4.69) is 39.6 Å². The molecule has 0 aliphatic carbocycles. The second-order valence-electron chi connectivity index (χ2n) is 8.55. The van der Waals surface area contributed by atoms with E-state index in [1.165, 1.54) is 15.4 Å². The number of thiazole rings is 1. The van der Waals surface area contributed by atoms with Crippen molar-refractivity contribution < 1.29 is 4.74 Å². The molecule has 1 aromatic carbocycles. The van der Waals surface area contributed by atoms with Gasteiger partial charge in [0.15, 0.2) is 0 Å². The number of hydrogen-bond donors (Lipinski definition) is 0. The van der Waals surface area contributed by atoms with Crippen LogP contribution in [0.4, 0.5) is 0 Å². The van der Waals surface area contributed by atoms with Crippen molar-refractivity contribution in [1.29, 1.82) is 0 Å². The van der Waals surface area contributed by atoms with Gasteiger partial charge < -0.3 is 4.74 Å². The molecule has 0 spiro atoms. The lowest BCUT2D eigenvalue weighted by Gasteiger charge is -2.05. The molecule has 9 nitrogen and oxygen atoms in total. The Labute approximate surface area is 206 Å². The van der Waals surface area contributed by atoms with E-state index in [9.17, 15) is 4.79 Å². The summed E-state index contributed by atoms with van der Waals surface area (Å²) in [6, 6.07) is 11.5. The molecule has 0 saturated carbocycles. The molecule has 0 saturated heterocycles. The van der Waals surface area contributed by atoms with Crippen molar-refractivity contribution in [3.05, 3.63) is 86.4 Å². The molecular formula is C25H25N7O2S. The van der Waals surface area contributed by atoms with Crippen LogP contribution in [-0.2, 0) is 19.4 Å². The second kappa shape index (κ2) is 9.75. The molecule has 0 amide bonds. The van der Waals surface area contributed by atoms with Crippen LogP contribution in [-0.4, -0.2) is 41.7 Å². The van der Waals surface area contributed by atoms with Crippen molar-refractivity contribution in [3.8, 4) is 17.1 Å². The highest BCUT2D eigenvalue weighted by Gasteiger charge is 2.14. The van der Waals surface area contributed by atoms with Crippen LogP contribution in [0, 0.1) is 0 Å². The number of ether oxygens (including phenoxy) is 1. The van der Waals surface area contributed by atoms with E-state index in [0.717, 1.165) is 40.4 Å². The van der Waals surface area contributed by atoms with Gasteiger partial charge in [0, 0.05) is 24.2 Å². The van der Waals surface area contributed by atoms with Crippen LogP contribution in [0.2, 0.25) is 0 Å². The van der Waals surface area contributed by atoms with Gasteiger partial charge in [0.25, 0.3) is 5.56 Å². The Kier molecular flexibility index (Phi) is 6.37. The second-order valence-corrected chi connectivity index (χ2v) is 9.50. The van der Waals surface area contributed by atoms with Gasteiger partial charge >= 0.3 is 0 Å². The lowest BCUT2D eigenvalue weighted by molar-refractivity contribution is 0.414. The quantitative estimate of drug-likeness (QED) is 0.328. The van der Waals surface area contributed by atoms with Gasteiger partial charge in [-0.15, -0.1) is 21.5 Å². The lowest BCUT2D eigenvalue weighted by atomic mass is 10.1. The number of aromatic nitrogens is 7. The molecule has 5 rings (SSSR count). The highest BCUT2D eigenvalue weighted by atomic mass is 32.1. The van der Waals surface area contributed by atoms with Crippen LogP contribution in [0.3, 0.4) is 0 Å². The van der Waals surface area contributed by atoms with Crippen molar-refractivity contribution in [3.63, 3.8) is 0 Å². The summed E-state index contributed by atoms with van der Waals surface area (Å²) in [4.78, 5) is 23.8. The average Bonchev–Trinajstić information content (AvgIpc) is 3.53. The van der Waals surface area contributed by atoms with Crippen molar-refractivity contribution in [2.45, 2.75) is 39.2 Å². The standard InChI is InChI=1S/C25H25N7O2S/c1-16(2)21-15-35-23(27-21)9-6-17-10-11-31-22(12-17)26-13-20(25(31)33)24-28-30-32(29-24)14-18-4-7-19(34-3)8-5-18/h4-5,7-8,10-13,15-16H,6,9,14H2,1-3H3. The van der Waals surface area contributed by atoms with Gasteiger partial charge in [0.05, 0.1) is 24.4 Å². The van der Waals surface area contributed by atoms with E-state index in [-0.39, 0.29) is 11.4 Å². The van der Waals surface area contributed by atoms with E-state index in [1.807, 2.05) is 36.4 Å². The summed E-state index contributed by atoms with van der Waals surface area (Å²) in [5.41, 5.74) is 3.90. The van der Waals surface area contributed by atoms with E-state index >= 15 is 0 Å². The maximum atomic E-state index is 13.1. The SMILES string of the molecule is COc1ccc(Cn2nnc(-c3cnc4cc(CCc5nc(C(C)C)cs5)ccn4c3=O)n2)cc1. The minimum absolute atomic E-state index is 0.230. The molecule has 0 N–H and O–H groups in total. The first-order chi connectivity index (χ1) is 17.0. The molecule has 178 valence electrons. The molecule has 0 aliphatic heterocycles. The summed E-state index contributed by atoms with van der Waals surface area (Å²) in [5.74, 6) is 1.46. The first-order valence-electron chi connectivity index (χ1n) is 11.4. The molecule has 0 fully saturated rings. The molecule has 5 aromatic rings. The Morgan fingerprint density at radius 2 is 1.91 bits per heavy atom. The molecule has 4 aromatic heterocycles. The number of methoxy groups -OCH3 is 1. The van der Waals surface area contributed by atoms with E-state index in [1.54, 1.807) is 24.6 Å². The maximum absolute atomic E-state index is 13.1. The van der Waals surface area contributed by atoms with Gasteiger partial charge in [0.1, 0.15) is 17.0 Å². The molecular weight excluding hydrogens is 462 g/mol. The largest absolute Gasteiger partial charge is 0.497 e. The molecule has 35 heavy (non-hydrogen) atoms. The van der Waals surface area contributed by atoms with Gasteiger partial charge in [-0.1, -0.05) is 26.0 Å². The van der Waals surface area contributed by atoms with Gasteiger partial charge in [-0.05, 0) is 52.9 Å². The predicted molar refractivity (Wildman–Crippen MR) is 134 cm³/mol. The van der Waals surface area contributed by atoms with Crippen molar-refractivity contribution in [2.24, 2.45) is 0 Å². The Morgan fingerprint density at radius 3 is 2.66 bits per heavy atom.